The Hall–Kier alpha value is -2.86. The molecule has 1 aliphatic carbocycles. The van der Waals surface area contributed by atoms with Crippen LogP contribution in [0.25, 0.3) is 12.2 Å². The number of ether oxygens (including phenoxy) is 3. The number of allylic oxidation sites excluding steroid dienone is 3. The van der Waals surface area contributed by atoms with Gasteiger partial charge in [0.05, 0.1) is 18.2 Å². The van der Waals surface area contributed by atoms with Crippen molar-refractivity contribution in [1.29, 1.82) is 0 Å². The van der Waals surface area contributed by atoms with Crippen LogP contribution >= 0.6 is 0 Å². The number of ketones is 2. The van der Waals surface area contributed by atoms with Crippen molar-refractivity contribution >= 4 is 23.7 Å². The van der Waals surface area contributed by atoms with Crippen LogP contribution in [-0.4, -0.2) is 30.4 Å². The summed E-state index contributed by atoms with van der Waals surface area (Å²) in [5.74, 6) is -0.906. The summed E-state index contributed by atoms with van der Waals surface area (Å²) in [6.45, 7) is 8.38. The number of methoxy groups -OCH3 is 1. The summed E-state index contributed by atoms with van der Waals surface area (Å²) in [6, 6.07) is 1.75. The monoisotopic (exact) mass is 398 g/mol. The Labute approximate surface area is 170 Å². The number of aromatic hydroxyl groups is 1. The normalized spacial score (nSPS) is 19.6. The maximum Gasteiger partial charge on any atom is 0.268 e. The van der Waals surface area contributed by atoms with Crippen LogP contribution in [0.5, 0.6) is 5.75 Å². The Morgan fingerprint density at radius 3 is 2.59 bits per heavy atom. The minimum absolute atomic E-state index is 0.0488. The lowest BCUT2D eigenvalue weighted by atomic mass is 9.87. The molecule has 2 unspecified atom stereocenters. The molecule has 0 radical (unpaired) electrons. The molecule has 3 rings (SSSR count). The van der Waals surface area contributed by atoms with E-state index in [1.165, 1.54) is 13.2 Å². The molecule has 1 aromatic rings. The number of fused-ring (bicyclic) bond motifs is 2. The molecule has 6 nitrogen and oxygen atoms in total. The lowest BCUT2D eigenvalue weighted by Gasteiger charge is -2.29. The van der Waals surface area contributed by atoms with Gasteiger partial charge in [-0.15, -0.1) is 0 Å². The minimum atomic E-state index is -0.878. The average Bonchev–Trinajstić information content (AvgIpc) is 2.70. The van der Waals surface area contributed by atoms with E-state index in [9.17, 15) is 14.7 Å². The van der Waals surface area contributed by atoms with Crippen molar-refractivity contribution < 1.29 is 28.9 Å². The Kier molecular flexibility index (Phi) is 5.94. The van der Waals surface area contributed by atoms with Gasteiger partial charge in [0.15, 0.2) is 5.76 Å². The zero-order chi connectivity index (χ0) is 21.3. The topological polar surface area (TPSA) is 82.1 Å². The molecule has 2 aliphatic rings. The highest BCUT2D eigenvalue weighted by atomic mass is 16.7. The molecule has 154 valence electrons. The molecule has 0 saturated carbocycles. The van der Waals surface area contributed by atoms with E-state index in [1.54, 1.807) is 6.07 Å². The molecular weight excluding hydrogens is 372 g/mol. The summed E-state index contributed by atoms with van der Waals surface area (Å²) in [6.07, 6.45) is 5.55. The lowest BCUT2D eigenvalue weighted by Crippen LogP contribution is -2.24. The maximum atomic E-state index is 12.5. The first-order valence-electron chi connectivity index (χ1n) is 9.75. The first-order chi connectivity index (χ1) is 13.8. The molecule has 1 heterocycles. The summed E-state index contributed by atoms with van der Waals surface area (Å²) in [7, 11) is 1.33. The van der Waals surface area contributed by atoms with Crippen LogP contribution in [0.3, 0.4) is 0 Å². The number of phenolic OH excluding ortho intramolecular Hbond substituents is 1. The fourth-order valence-electron chi connectivity index (χ4n) is 3.48. The van der Waals surface area contributed by atoms with Gasteiger partial charge in [-0.05, 0) is 54.7 Å². The number of hydrogen-bond acceptors (Lipinski definition) is 6. The van der Waals surface area contributed by atoms with Gasteiger partial charge in [0.2, 0.25) is 12.1 Å². The standard InChI is InChI=1S/C23H26O6/c1-6-12(3)8-13(4)16-10-15-9-14-11-17(27-5)20(24)22(26)18(14)21(25)19(15)23(29-16)28-7-2/h8-12,23,25H,6-7H2,1-5H3. The number of phenols is 1. The fourth-order valence-corrected chi connectivity index (χ4v) is 3.48. The van der Waals surface area contributed by atoms with Crippen molar-refractivity contribution in [1.82, 2.24) is 0 Å². The molecule has 29 heavy (non-hydrogen) atoms. The second-order valence-corrected chi connectivity index (χ2v) is 7.21. The Bertz CT molecular complexity index is 951. The SMILES string of the molecule is CCOC1OC(C(C)=CC(C)CC)=Cc2cc3c(c(O)c21)C(=O)C(=O)C(OC)=C3. The third-order valence-corrected chi connectivity index (χ3v) is 5.21. The van der Waals surface area contributed by atoms with Gasteiger partial charge in [-0.3, -0.25) is 9.59 Å². The first-order valence-corrected chi connectivity index (χ1v) is 9.75. The Morgan fingerprint density at radius 1 is 1.24 bits per heavy atom. The smallest absolute Gasteiger partial charge is 0.268 e. The molecule has 0 saturated heterocycles. The second-order valence-electron chi connectivity index (χ2n) is 7.21. The molecule has 0 fully saturated rings. The molecule has 0 bridgehead atoms. The largest absolute Gasteiger partial charge is 0.507 e. The van der Waals surface area contributed by atoms with Gasteiger partial charge < -0.3 is 19.3 Å². The zero-order valence-electron chi connectivity index (χ0n) is 17.4. The van der Waals surface area contributed by atoms with Crippen LogP contribution in [-0.2, 0) is 19.0 Å². The third kappa shape index (κ3) is 3.72. The molecule has 1 aromatic carbocycles. The number of carbonyl (C=O) groups excluding carboxylic acids is 2. The van der Waals surface area contributed by atoms with Gasteiger partial charge in [-0.1, -0.05) is 26.3 Å². The van der Waals surface area contributed by atoms with Crippen molar-refractivity contribution in [2.45, 2.75) is 40.4 Å². The van der Waals surface area contributed by atoms with E-state index in [4.69, 9.17) is 14.2 Å². The number of Topliss-reactive ketones (excluding diaryl/α,β-unsaturated/α-hetero) is 2. The lowest BCUT2D eigenvalue weighted by molar-refractivity contribution is -0.117. The summed E-state index contributed by atoms with van der Waals surface area (Å²) in [5, 5.41) is 10.9. The van der Waals surface area contributed by atoms with Crippen LogP contribution in [0.1, 0.15) is 67.5 Å². The van der Waals surface area contributed by atoms with E-state index in [2.05, 4.69) is 19.9 Å². The number of carbonyl (C=O) groups is 2. The van der Waals surface area contributed by atoms with E-state index in [1.807, 2.05) is 19.9 Å². The summed E-state index contributed by atoms with van der Waals surface area (Å²) >= 11 is 0. The van der Waals surface area contributed by atoms with Crippen LogP contribution in [0.4, 0.5) is 0 Å². The highest BCUT2D eigenvalue weighted by Crippen LogP contribution is 2.44. The number of rotatable bonds is 6. The highest BCUT2D eigenvalue weighted by molar-refractivity contribution is 6.51. The van der Waals surface area contributed by atoms with E-state index in [0.717, 1.165) is 12.0 Å². The van der Waals surface area contributed by atoms with Gasteiger partial charge in [0.25, 0.3) is 5.78 Å². The maximum absolute atomic E-state index is 12.5. The van der Waals surface area contributed by atoms with Crippen LogP contribution in [0.15, 0.2) is 29.2 Å². The van der Waals surface area contributed by atoms with E-state index >= 15 is 0 Å². The molecule has 0 spiro atoms. The van der Waals surface area contributed by atoms with E-state index in [0.29, 0.717) is 35.0 Å². The van der Waals surface area contributed by atoms with Crippen molar-refractivity contribution in [3.05, 3.63) is 51.5 Å². The molecular formula is C23H26O6. The van der Waals surface area contributed by atoms with Crippen molar-refractivity contribution in [2.75, 3.05) is 13.7 Å². The summed E-state index contributed by atoms with van der Waals surface area (Å²) < 4.78 is 16.7. The Balaban J connectivity index is 2.20. The van der Waals surface area contributed by atoms with Crippen LogP contribution < -0.4 is 0 Å². The Morgan fingerprint density at radius 2 is 1.97 bits per heavy atom. The minimum Gasteiger partial charge on any atom is -0.507 e. The average molecular weight is 398 g/mol. The van der Waals surface area contributed by atoms with Crippen molar-refractivity contribution in [3.8, 4) is 5.75 Å². The van der Waals surface area contributed by atoms with Crippen LogP contribution in [0.2, 0.25) is 0 Å². The first kappa shape index (κ1) is 20.9. The molecule has 1 aliphatic heterocycles. The number of hydrogen-bond donors (Lipinski definition) is 1. The van der Waals surface area contributed by atoms with Crippen molar-refractivity contribution in [2.24, 2.45) is 5.92 Å². The van der Waals surface area contributed by atoms with E-state index in [-0.39, 0.29) is 17.1 Å². The van der Waals surface area contributed by atoms with Gasteiger partial charge in [-0.25, -0.2) is 0 Å². The fraction of sp³-hybridized carbons (Fsp3) is 0.391. The molecule has 2 atom stereocenters. The van der Waals surface area contributed by atoms with Crippen LogP contribution in [0, 0.1) is 5.92 Å². The quantitative estimate of drug-likeness (QED) is 0.708. The molecule has 1 N–H and O–H groups in total. The highest BCUT2D eigenvalue weighted by Gasteiger charge is 2.36. The van der Waals surface area contributed by atoms with E-state index < -0.39 is 17.9 Å². The van der Waals surface area contributed by atoms with Crippen molar-refractivity contribution in [3.63, 3.8) is 0 Å². The predicted molar refractivity (Wildman–Crippen MR) is 109 cm³/mol. The van der Waals surface area contributed by atoms with Gasteiger partial charge in [0.1, 0.15) is 11.5 Å². The summed E-state index contributed by atoms with van der Waals surface area (Å²) in [5.41, 5.74) is 2.37. The zero-order valence-corrected chi connectivity index (χ0v) is 17.4. The van der Waals surface area contributed by atoms with Gasteiger partial charge in [0, 0.05) is 6.61 Å². The molecule has 6 heteroatoms. The second kappa shape index (κ2) is 8.25. The third-order valence-electron chi connectivity index (χ3n) is 5.21. The van der Waals surface area contributed by atoms with Gasteiger partial charge >= 0.3 is 0 Å². The predicted octanol–water partition coefficient (Wildman–Crippen LogP) is 4.54. The molecule has 0 aromatic heterocycles. The van der Waals surface area contributed by atoms with Gasteiger partial charge in [-0.2, -0.15) is 0 Å². The summed E-state index contributed by atoms with van der Waals surface area (Å²) in [4.78, 5) is 24.7. The molecule has 0 amide bonds. The number of benzene rings is 1.